The summed E-state index contributed by atoms with van der Waals surface area (Å²) in [5.41, 5.74) is -0.922. The van der Waals surface area contributed by atoms with E-state index in [4.69, 9.17) is 0 Å². The maximum absolute atomic E-state index is 12.9. The Labute approximate surface area is 127 Å². The summed E-state index contributed by atoms with van der Waals surface area (Å²) in [6, 6.07) is 0. The van der Waals surface area contributed by atoms with Gasteiger partial charge in [-0.25, -0.2) is 4.79 Å². The first kappa shape index (κ1) is 16.3. The van der Waals surface area contributed by atoms with Crippen molar-refractivity contribution < 1.29 is 14.7 Å². The Balaban J connectivity index is 2.13. The zero-order chi connectivity index (χ0) is 15.3. The van der Waals surface area contributed by atoms with Crippen LogP contribution in [0.3, 0.4) is 0 Å². The number of likely N-dealkylation sites (tertiary alicyclic amines) is 1. The Morgan fingerprint density at radius 1 is 1.10 bits per heavy atom. The lowest BCUT2D eigenvalue weighted by Gasteiger charge is -2.37. The van der Waals surface area contributed by atoms with E-state index in [2.05, 4.69) is 0 Å². The molecule has 1 saturated heterocycles. The first-order chi connectivity index (χ1) is 10.1. The van der Waals surface area contributed by atoms with Gasteiger partial charge in [0.05, 0.1) is 0 Å². The molecule has 0 radical (unpaired) electrons. The SMILES string of the molecule is CCCC1(C(=O)O)CCCN1C(=O)C1CCCCCCC1. The van der Waals surface area contributed by atoms with E-state index in [1.165, 1.54) is 19.3 Å². The number of amides is 1. The number of hydrogen-bond donors (Lipinski definition) is 1. The van der Waals surface area contributed by atoms with Crippen LogP contribution in [0, 0.1) is 5.92 Å². The van der Waals surface area contributed by atoms with Crippen LogP contribution in [-0.4, -0.2) is 34.0 Å². The Kier molecular flexibility index (Phi) is 5.65. The maximum Gasteiger partial charge on any atom is 0.329 e. The molecule has 0 aromatic rings. The third-order valence-electron chi connectivity index (χ3n) is 5.27. The highest BCUT2D eigenvalue weighted by Gasteiger charge is 2.50. The van der Waals surface area contributed by atoms with Crippen molar-refractivity contribution in [3.05, 3.63) is 0 Å². The van der Waals surface area contributed by atoms with Crippen LogP contribution in [-0.2, 0) is 9.59 Å². The van der Waals surface area contributed by atoms with E-state index in [0.717, 1.165) is 38.5 Å². The number of carboxylic acid groups (broad SMARTS) is 1. The predicted molar refractivity (Wildman–Crippen MR) is 82.0 cm³/mol. The van der Waals surface area contributed by atoms with Crippen molar-refractivity contribution in [2.45, 2.75) is 83.1 Å². The second-order valence-corrected chi connectivity index (χ2v) is 6.72. The Morgan fingerprint density at radius 2 is 1.71 bits per heavy atom. The van der Waals surface area contributed by atoms with Crippen LogP contribution in [0.15, 0.2) is 0 Å². The molecule has 1 unspecified atom stereocenters. The number of aliphatic carboxylic acids is 1. The van der Waals surface area contributed by atoms with E-state index < -0.39 is 11.5 Å². The molecule has 4 nitrogen and oxygen atoms in total. The van der Waals surface area contributed by atoms with Gasteiger partial charge in [-0.05, 0) is 32.1 Å². The lowest BCUT2D eigenvalue weighted by Crippen LogP contribution is -2.54. The third kappa shape index (κ3) is 3.41. The monoisotopic (exact) mass is 295 g/mol. The standard InChI is InChI=1S/C17H29NO3/c1-2-11-17(16(20)21)12-8-13-18(17)15(19)14-9-6-4-3-5-7-10-14/h14H,2-13H2,1H3,(H,20,21). The Bertz CT molecular complexity index is 374. The summed E-state index contributed by atoms with van der Waals surface area (Å²) in [5, 5.41) is 9.72. The van der Waals surface area contributed by atoms with Crippen LogP contribution < -0.4 is 0 Å². The maximum atomic E-state index is 12.9. The molecule has 21 heavy (non-hydrogen) atoms. The second kappa shape index (κ2) is 7.28. The van der Waals surface area contributed by atoms with Crippen molar-refractivity contribution in [1.29, 1.82) is 0 Å². The van der Waals surface area contributed by atoms with E-state index in [0.29, 0.717) is 19.4 Å². The van der Waals surface area contributed by atoms with Crippen molar-refractivity contribution in [2.75, 3.05) is 6.54 Å². The lowest BCUT2D eigenvalue weighted by molar-refractivity contribution is -0.159. The first-order valence-corrected chi connectivity index (χ1v) is 8.66. The van der Waals surface area contributed by atoms with Crippen LogP contribution in [0.5, 0.6) is 0 Å². The van der Waals surface area contributed by atoms with Gasteiger partial charge < -0.3 is 10.0 Å². The average Bonchev–Trinajstić information content (AvgIpc) is 2.83. The molecule has 1 atom stereocenters. The highest BCUT2D eigenvalue weighted by atomic mass is 16.4. The van der Waals surface area contributed by atoms with Gasteiger partial charge >= 0.3 is 5.97 Å². The lowest BCUT2D eigenvalue weighted by atomic mass is 9.86. The average molecular weight is 295 g/mol. The minimum atomic E-state index is -0.922. The normalized spacial score (nSPS) is 28.1. The fourth-order valence-electron chi connectivity index (χ4n) is 4.13. The molecule has 1 N–H and O–H groups in total. The van der Waals surface area contributed by atoms with E-state index in [9.17, 15) is 14.7 Å². The fourth-order valence-corrected chi connectivity index (χ4v) is 4.13. The minimum absolute atomic E-state index is 0.0546. The highest BCUT2D eigenvalue weighted by molar-refractivity contribution is 5.88. The highest BCUT2D eigenvalue weighted by Crippen LogP contribution is 2.37. The van der Waals surface area contributed by atoms with Gasteiger partial charge in [0.15, 0.2) is 0 Å². The number of carboxylic acids is 1. The smallest absolute Gasteiger partial charge is 0.329 e. The zero-order valence-electron chi connectivity index (χ0n) is 13.3. The number of nitrogens with zero attached hydrogens (tertiary/aromatic N) is 1. The predicted octanol–water partition coefficient (Wildman–Crippen LogP) is 3.59. The van der Waals surface area contributed by atoms with Gasteiger partial charge in [0.1, 0.15) is 5.54 Å². The van der Waals surface area contributed by atoms with Crippen molar-refractivity contribution in [3.63, 3.8) is 0 Å². The third-order valence-corrected chi connectivity index (χ3v) is 5.27. The number of hydrogen-bond acceptors (Lipinski definition) is 2. The second-order valence-electron chi connectivity index (χ2n) is 6.72. The molecular weight excluding hydrogens is 266 g/mol. The Morgan fingerprint density at radius 3 is 2.29 bits per heavy atom. The van der Waals surface area contributed by atoms with Gasteiger partial charge in [0, 0.05) is 12.5 Å². The zero-order valence-corrected chi connectivity index (χ0v) is 13.3. The van der Waals surface area contributed by atoms with Crippen LogP contribution in [0.2, 0.25) is 0 Å². The van der Waals surface area contributed by atoms with Crippen LogP contribution in [0.1, 0.15) is 77.6 Å². The number of carbonyl (C=O) groups is 2. The van der Waals surface area contributed by atoms with E-state index >= 15 is 0 Å². The molecule has 1 amide bonds. The molecule has 0 bridgehead atoms. The quantitative estimate of drug-likeness (QED) is 0.862. The number of carbonyl (C=O) groups excluding carboxylic acids is 1. The molecule has 4 heteroatoms. The summed E-state index contributed by atoms with van der Waals surface area (Å²) >= 11 is 0. The van der Waals surface area contributed by atoms with Crippen LogP contribution >= 0.6 is 0 Å². The summed E-state index contributed by atoms with van der Waals surface area (Å²) in [6.07, 6.45) is 10.6. The summed E-state index contributed by atoms with van der Waals surface area (Å²) < 4.78 is 0. The van der Waals surface area contributed by atoms with Crippen molar-refractivity contribution in [2.24, 2.45) is 5.92 Å². The molecular formula is C17H29NO3. The molecule has 120 valence electrons. The van der Waals surface area contributed by atoms with Crippen molar-refractivity contribution in [3.8, 4) is 0 Å². The molecule has 0 spiro atoms. The largest absolute Gasteiger partial charge is 0.479 e. The minimum Gasteiger partial charge on any atom is -0.479 e. The first-order valence-electron chi connectivity index (χ1n) is 8.66. The summed E-state index contributed by atoms with van der Waals surface area (Å²) in [6.45, 7) is 2.63. The topological polar surface area (TPSA) is 57.6 Å². The molecule has 1 saturated carbocycles. The Hall–Kier alpha value is -1.06. The van der Waals surface area contributed by atoms with E-state index in [1.54, 1.807) is 4.90 Å². The number of rotatable bonds is 4. The fraction of sp³-hybridized carbons (Fsp3) is 0.882. The van der Waals surface area contributed by atoms with E-state index in [-0.39, 0.29) is 11.8 Å². The summed E-state index contributed by atoms with van der Waals surface area (Å²) in [4.78, 5) is 26.5. The molecule has 0 aromatic carbocycles. The van der Waals surface area contributed by atoms with Gasteiger partial charge in [0.2, 0.25) is 5.91 Å². The van der Waals surface area contributed by atoms with Gasteiger partial charge in [-0.3, -0.25) is 4.79 Å². The molecule has 1 aliphatic heterocycles. The van der Waals surface area contributed by atoms with Crippen LogP contribution in [0.4, 0.5) is 0 Å². The molecule has 1 heterocycles. The van der Waals surface area contributed by atoms with Crippen molar-refractivity contribution >= 4 is 11.9 Å². The molecule has 0 aromatic heterocycles. The van der Waals surface area contributed by atoms with Gasteiger partial charge in [-0.15, -0.1) is 0 Å². The molecule has 2 rings (SSSR count). The van der Waals surface area contributed by atoms with Gasteiger partial charge in [0.25, 0.3) is 0 Å². The van der Waals surface area contributed by atoms with Gasteiger partial charge in [-0.1, -0.05) is 45.4 Å². The summed E-state index contributed by atoms with van der Waals surface area (Å²) in [7, 11) is 0. The van der Waals surface area contributed by atoms with Crippen LogP contribution in [0.25, 0.3) is 0 Å². The molecule has 2 aliphatic rings. The molecule has 2 fully saturated rings. The van der Waals surface area contributed by atoms with Gasteiger partial charge in [-0.2, -0.15) is 0 Å². The molecule has 1 aliphatic carbocycles. The van der Waals surface area contributed by atoms with E-state index in [1.807, 2.05) is 6.92 Å². The van der Waals surface area contributed by atoms with Crippen molar-refractivity contribution in [1.82, 2.24) is 4.90 Å². The summed E-state index contributed by atoms with van der Waals surface area (Å²) in [5.74, 6) is -0.634.